The third-order valence-corrected chi connectivity index (χ3v) is 5.34. The molecule has 1 amide bonds. The first-order valence-electron chi connectivity index (χ1n) is 8.58. The number of rotatable bonds is 4. The molecule has 3 aliphatic heterocycles. The summed E-state index contributed by atoms with van der Waals surface area (Å²) in [5.74, 6) is 0.388. The Kier molecular flexibility index (Phi) is 4.94. The van der Waals surface area contributed by atoms with E-state index in [4.69, 9.17) is 0 Å². The lowest BCUT2D eigenvalue weighted by Gasteiger charge is -2.36. The van der Waals surface area contributed by atoms with E-state index >= 15 is 0 Å². The average molecular weight is 279 g/mol. The quantitative estimate of drug-likeness (QED) is 0.849. The Morgan fingerprint density at radius 2 is 1.75 bits per heavy atom. The summed E-state index contributed by atoms with van der Waals surface area (Å²) in [7, 11) is 0. The second-order valence-electron chi connectivity index (χ2n) is 6.69. The first-order valence-corrected chi connectivity index (χ1v) is 8.58. The zero-order valence-electron chi connectivity index (χ0n) is 12.6. The minimum atomic E-state index is 0.388. The SMILES string of the molecule is O=C(CCC1CCCN1)N1CCC(N2CCCC2)CC1. The van der Waals surface area contributed by atoms with Crippen molar-refractivity contribution in [2.45, 2.75) is 63.5 Å². The van der Waals surface area contributed by atoms with Crippen LogP contribution in [0.2, 0.25) is 0 Å². The molecule has 1 unspecified atom stereocenters. The minimum Gasteiger partial charge on any atom is -0.343 e. The van der Waals surface area contributed by atoms with Crippen molar-refractivity contribution in [3.8, 4) is 0 Å². The van der Waals surface area contributed by atoms with Crippen LogP contribution in [0.5, 0.6) is 0 Å². The lowest BCUT2D eigenvalue weighted by molar-refractivity contribution is -0.132. The summed E-state index contributed by atoms with van der Waals surface area (Å²) in [5.41, 5.74) is 0. The highest BCUT2D eigenvalue weighted by Gasteiger charge is 2.28. The van der Waals surface area contributed by atoms with Gasteiger partial charge in [0, 0.05) is 31.6 Å². The fourth-order valence-electron chi connectivity index (χ4n) is 4.05. The Morgan fingerprint density at radius 1 is 1.00 bits per heavy atom. The van der Waals surface area contributed by atoms with Gasteiger partial charge in [-0.2, -0.15) is 0 Å². The van der Waals surface area contributed by atoms with Crippen LogP contribution in [0, 0.1) is 0 Å². The molecule has 1 N–H and O–H groups in total. The molecule has 114 valence electrons. The van der Waals surface area contributed by atoms with E-state index in [0.717, 1.165) is 38.5 Å². The van der Waals surface area contributed by atoms with Gasteiger partial charge in [-0.1, -0.05) is 0 Å². The van der Waals surface area contributed by atoms with E-state index in [1.807, 2.05) is 0 Å². The van der Waals surface area contributed by atoms with E-state index in [9.17, 15) is 4.79 Å². The van der Waals surface area contributed by atoms with Gasteiger partial charge in [0.25, 0.3) is 0 Å². The van der Waals surface area contributed by atoms with Gasteiger partial charge in [0.1, 0.15) is 0 Å². The number of amides is 1. The maximum Gasteiger partial charge on any atom is 0.222 e. The number of nitrogens with zero attached hydrogens (tertiary/aromatic N) is 2. The van der Waals surface area contributed by atoms with Gasteiger partial charge in [-0.15, -0.1) is 0 Å². The van der Waals surface area contributed by atoms with Gasteiger partial charge in [-0.3, -0.25) is 4.79 Å². The number of nitrogens with one attached hydrogen (secondary N) is 1. The largest absolute Gasteiger partial charge is 0.343 e. The standard InChI is InChI=1S/C16H29N3O/c20-16(6-5-14-4-3-9-17-14)19-12-7-15(8-13-19)18-10-1-2-11-18/h14-15,17H,1-13H2. The maximum atomic E-state index is 12.3. The molecule has 0 saturated carbocycles. The molecule has 0 aromatic carbocycles. The molecule has 3 heterocycles. The van der Waals surface area contributed by atoms with Crippen molar-refractivity contribution in [1.82, 2.24) is 15.1 Å². The Morgan fingerprint density at radius 3 is 2.40 bits per heavy atom. The number of hydrogen-bond acceptors (Lipinski definition) is 3. The Balaban J connectivity index is 1.37. The molecule has 0 aromatic rings. The summed E-state index contributed by atoms with van der Waals surface area (Å²) < 4.78 is 0. The summed E-state index contributed by atoms with van der Waals surface area (Å²) in [6.45, 7) is 5.67. The molecule has 0 spiro atoms. The van der Waals surface area contributed by atoms with Crippen molar-refractivity contribution in [2.75, 3.05) is 32.7 Å². The molecule has 0 bridgehead atoms. The molecular formula is C16H29N3O. The number of carbonyl (C=O) groups excluding carboxylic acids is 1. The Labute approximate surface area is 122 Å². The zero-order valence-corrected chi connectivity index (χ0v) is 12.6. The third-order valence-electron chi connectivity index (χ3n) is 5.34. The van der Waals surface area contributed by atoms with Crippen LogP contribution in [0.15, 0.2) is 0 Å². The number of hydrogen-bond donors (Lipinski definition) is 1. The van der Waals surface area contributed by atoms with Crippen LogP contribution >= 0.6 is 0 Å². The van der Waals surface area contributed by atoms with Crippen LogP contribution in [-0.2, 0) is 4.79 Å². The first kappa shape index (κ1) is 14.3. The van der Waals surface area contributed by atoms with Gasteiger partial charge in [0.05, 0.1) is 0 Å². The molecule has 0 aliphatic carbocycles. The van der Waals surface area contributed by atoms with E-state index in [2.05, 4.69) is 15.1 Å². The van der Waals surface area contributed by atoms with Crippen LogP contribution in [0.3, 0.4) is 0 Å². The molecule has 3 rings (SSSR count). The van der Waals surface area contributed by atoms with Gasteiger partial charge in [0.2, 0.25) is 5.91 Å². The van der Waals surface area contributed by atoms with E-state index in [1.54, 1.807) is 0 Å². The normalized spacial score (nSPS) is 29.2. The van der Waals surface area contributed by atoms with Crippen molar-refractivity contribution >= 4 is 5.91 Å². The third kappa shape index (κ3) is 3.53. The van der Waals surface area contributed by atoms with Gasteiger partial charge in [-0.25, -0.2) is 0 Å². The smallest absolute Gasteiger partial charge is 0.222 e. The number of carbonyl (C=O) groups is 1. The molecule has 4 heteroatoms. The second kappa shape index (κ2) is 6.90. The summed E-state index contributed by atoms with van der Waals surface area (Å²) in [4.78, 5) is 17.0. The van der Waals surface area contributed by atoms with E-state index in [-0.39, 0.29) is 0 Å². The van der Waals surface area contributed by atoms with Crippen LogP contribution in [0.25, 0.3) is 0 Å². The van der Waals surface area contributed by atoms with Gasteiger partial charge in [0.15, 0.2) is 0 Å². The zero-order chi connectivity index (χ0) is 13.8. The van der Waals surface area contributed by atoms with Gasteiger partial charge >= 0.3 is 0 Å². The van der Waals surface area contributed by atoms with Crippen LogP contribution < -0.4 is 5.32 Å². The topological polar surface area (TPSA) is 35.6 Å². The fraction of sp³-hybridized carbons (Fsp3) is 0.938. The molecule has 3 saturated heterocycles. The van der Waals surface area contributed by atoms with Gasteiger partial charge in [-0.05, 0) is 64.6 Å². The van der Waals surface area contributed by atoms with Crippen molar-refractivity contribution in [3.63, 3.8) is 0 Å². The highest BCUT2D eigenvalue weighted by Crippen LogP contribution is 2.22. The van der Waals surface area contributed by atoms with E-state index < -0.39 is 0 Å². The molecule has 4 nitrogen and oxygen atoms in total. The van der Waals surface area contributed by atoms with Gasteiger partial charge < -0.3 is 15.1 Å². The van der Waals surface area contributed by atoms with Crippen LogP contribution in [0.4, 0.5) is 0 Å². The second-order valence-corrected chi connectivity index (χ2v) is 6.69. The lowest BCUT2D eigenvalue weighted by atomic mass is 10.0. The van der Waals surface area contributed by atoms with E-state index in [1.165, 1.54) is 51.6 Å². The highest BCUT2D eigenvalue weighted by molar-refractivity contribution is 5.76. The summed E-state index contributed by atoms with van der Waals surface area (Å²) in [6.07, 6.45) is 9.42. The number of piperidine rings is 1. The Bertz CT molecular complexity index is 314. The van der Waals surface area contributed by atoms with Crippen molar-refractivity contribution in [1.29, 1.82) is 0 Å². The predicted octanol–water partition coefficient (Wildman–Crippen LogP) is 1.61. The monoisotopic (exact) mass is 279 g/mol. The molecular weight excluding hydrogens is 250 g/mol. The van der Waals surface area contributed by atoms with Crippen molar-refractivity contribution in [3.05, 3.63) is 0 Å². The lowest BCUT2D eigenvalue weighted by Crippen LogP contribution is -2.46. The first-order chi connectivity index (χ1) is 9.83. The molecule has 20 heavy (non-hydrogen) atoms. The molecule has 0 radical (unpaired) electrons. The van der Waals surface area contributed by atoms with Crippen LogP contribution in [0.1, 0.15) is 51.4 Å². The molecule has 0 aromatic heterocycles. The molecule has 3 fully saturated rings. The summed E-state index contributed by atoms with van der Waals surface area (Å²) >= 11 is 0. The Hall–Kier alpha value is -0.610. The average Bonchev–Trinajstić information content (AvgIpc) is 3.18. The minimum absolute atomic E-state index is 0.388. The molecule has 3 aliphatic rings. The maximum absolute atomic E-state index is 12.3. The fourth-order valence-corrected chi connectivity index (χ4v) is 4.05. The predicted molar refractivity (Wildman–Crippen MR) is 80.7 cm³/mol. The van der Waals surface area contributed by atoms with Crippen molar-refractivity contribution in [2.24, 2.45) is 0 Å². The summed E-state index contributed by atoms with van der Waals surface area (Å²) in [5, 5.41) is 3.48. The summed E-state index contributed by atoms with van der Waals surface area (Å²) in [6, 6.07) is 1.35. The van der Waals surface area contributed by atoms with Crippen LogP contribution in [-0.4, -0.2) is 60.5 Å². The van der Waals surface area contributed by atoms with E-state index in [0.29, 0.717) is 11.9 Å². The number of likely N-dealkylation sites (tertiary alicyclic amines) is 2. The van der Waals surface area contributed by atoms with Crippen molar-refractivity contribution < 1.29 is 4.79 Å². The highest BCUT2D eigenvalue weighted by atomic mass is 16.2. The molecule has 1 atom stereocenters.